The highest BCUT2D eigenvalue weighted by molar-refractivity contribution is 9.10. The first-order chi connectivity index (χ1) is 10.2. The van der Waals surface area contributed by atoms with Gasteiger partial charge in [0, 0.05) is 11.0 Å². The molecule has 1 fully saturated rings. The van der Waals surface area contributed by atoms with Gasteiger partial charge in [-0.2, -0.15) is 0 Å². The van der Waals surface area contributed by atoms with Gasteiger partial charge < -0.3 is 10.1 Å². The number of likely N-dealkylation sites (N-methyl/N-ethyl adjacent to an activating group) is 1. The van der Waals surface area contributed by atoms with Gasteiger partial charge in [0.25, 0.3) is 0 Å². The van der Waals surface area contributed by atoms with Crippen molar-refractivity contribution in [2.24, 2.45) is 5.92 Å². The second-order valence-electron chi connectivity index (χ2n) is 6.36. The molecule has 1 aromatic rings. The zero-order valence-corrected chi connectivity index (χ0v) is 14.9. The average Bonchev–Trinajstić information content (AvgIpc) is 2.50. The lowest BCUT2D eigenvalue weighted by Gasteiger charge is -2.40. The Morgan fingerprint density at radius 1 is 1.24 bits per heavy atom. The molecule has 0 unspecified atom stereocenters. The summed E-state index contributed by atoms with van der Waals surface area (Å²) in [6, 6.07) is 8.45. The Labute approximate surface area is 137 Å². The van der Waals surface area contributed by atoms with E-state index in [9.17, 15) is 0 Å². The highest BCUT2D eigenvalue weighted by Gasteiger charge is 2.35. The van der Waals surface area contributed by atoms with Crippen molar-refractivity contribution in [1.82, 2.24) is 5.32 Å². The minimum Gasteiger partial charge on any atom is -0.369 e. The molecule has 118 valence electrons. The molecule has 0 bridgehead atoms. The Hall–Kier alpha value is -0.380. The second kappa shape index (κ2) is 8.30. The maximum Gasteiger partial charge on any atom is 0.0810 e. The van der Waals surface area contributed by atoms with Crippen molar-refractivity contribution < 1.29 is 4.74 Å². The van der Waals surface area contributed by atoms with Crippen LogP contribution in [0.5, 0.6) is 0 Å². The third-order valence-corrected chi connectivity index (χ3v) is 5.20. The van der Waals surface area contributed by atoms with Gasteiger partial charge >= 0.3 is 0 Å². The molecule has 1 aliphatic rings. The van der Waals surface area contributed by atoms with Crippen LogP contribution in [0.3, 0.4) is 0 Å². The molecule has 1 saturated carbocycles. The number of rotatable bonds is 7. The first-order valence-corrected chi connectivity index (χ1v) is 9.00. The van der Waals surface area contributed by atoms with Crippen molar-refractivity contribution in [2.75, 3.05) is 13.6 Å². The fraction of sp³-hybridized carbons (Fsp3) is 0.667. The standard InChI is InChI=1S/C18H28BrNO/c1-3-4-15-9-11-18(12-10-15,14-20-2)21-13-16-5-7-17(19)8-6-16/h5-8,15,20H,3-4,9-14H2,1-2H3. The van der Waals surface area contributed by atoms with Crippen molar-refractivity contribution in [3.8, 4) is 0 Å². The monoisotopic (exact) mass is 353 g/mol. The summed E-state index contributed by atoms with van der Waals surface area (Å²) in [5.41, 5.74) is 1.29. The third kappa shape index (κ3) is 5.08. The molecule has 2 rings (SSSR count). The van der Waals surface area contributed by atoms with E-state index < -0.39 is 0 Å². The molecule has 0 aromatic heterocycles. The Bertz CT molecular complexity index is 410. The van der Waals surface area contributed by atoms with E-state index in [1.165, 1.54) is 44.1 Å². The minimum absolute atomic E-state index is 0.0338. The van der Waals surface area contributed by atoms with E-state index in [1.807, 2.05) is 7.05 Å². The van der Waals surface area contributed by atoms with Crippen LogP contribution in [-0.4, -0.2) is 19.2 Å². The lowest BCUT2D eigenvalue weighted by atomic mass is 9.77. The van der Waals surface area contributed by atoms with Gasteiger partial charge in [0.05, 0.1) is 12.2 Å². The smallest absolute Gasteiger partial charge is 0.0810 e. The maximum atomic E-state index is 6.39. The predicted octanol–water partition coefficient (Wildman–Crippen LogP) is 4.91. The number of hydrogen-bond acceptors (Lipinski definition) is 2. The third-order valence-electron chi connectivity index (χ3n) is 4.67. The molecular formula is C18H28BrNO. The van der Waals surface area contributed by atoms with Crippen molar-refractivity contribution in [3.63, 3.8) is 0 Å². The first-order valence-electron chi connectivity index (χ1n) is 8.20. The van der Waals surface area contributed by atoms with Crippen LogP contribution >= 0.6 is 15.9 Å². The highest BCUT2D eigenvalue weighted by atomic mass is 79.9. The average molecular weight is 354 g/mol. The molecule has 1 aromatic carbocycles. The quantitative estimate of drug-likeness (QED) is 0.751. The van der Waals surface area contributed by atoms with E-state index in [4.69, 9.17) is 4.74 Å². The number of benzene rings is 1. The summed E-state index contributed by atoms with van der Waals surface area (Å²) in [5.74, 6) is 0.913. The SMILES string of the molecule is CCCC1CCC(CNC)(OCc2ccc(Br)cc2)CC1. The molecule has 1 N–H and O–H groups in total. The van der Waals surface area contributed by atoms with E-state index in [-0.39, 0.29) is 5.60 Å². The number of ether oxygens (including phenoxy) is 1. The molecule has 0 radical (unpaired) electrons. The minimum atomic E-state index is 0.0338. The van der Waals surface area contributed by atoms with Crippen LogP contribution in [0.2, 0.25) is 0 Å². The molecule has 0 saturated heterocycles. The first kappa shape index (κ1) is 17.0. The Kier molecular flexibility index (Phi) is 6.72. The van der Waals surface area contributed by atoms with Crippen molar-refractivity contribution >= 4 is 15.9 Å². The number of nitrogens with one attached hydrogen (secondary N) is 1. The van der Waals surface area contributed by atoms with Gasteiger partial charge in [-0.15, -0.1) is 0 Å². The summed E-state index contributed by atoms with van der Waals surface area (Å²) >= 11 is 3.48. The molecule has 2 nitrogen and oxygen atoms in total. The van der Waals surface area contributed by atoms with Gasteiger partial charge in [-0.25, -0.2) is 0 Å². The Morgan fingerprint density at radius 3 is 2.48 bits per heavy atom. The molecule has 0 aliphatic heterocycles. The lowest BCUT2D eigenvalue weighted by molar-refractivity contribution is -0.0856. The van der Waals surface area contributed by atoms with E-state index in [0.29, 0.717) is 6.61 Å². The van der Waals surface area contributed by atoms with Crippen LogP contribution in [-0.2, 0) is 11.3 Å². The molecule has 0 atom stereocenters. The van der Waals surface area contributed by atoms with Gasteiger partial charge in [-0.05, 0) is 56.3 Å². The van der Waals surface area contributed by atoms with Gasteiger partial charge in [-0.1, -0.05) is 47.8 Å². The van der Waals surface area contributed by atoms with E-state index >= 15 is 0 Å². The Morgan fingerprint density at radius 2 is 1.90 bits per heavy atom. The topological polar surface area (TPSA) is 21.3 Å². The van der Waals surface area contributed by atoms with Crippen LogP contribution in [0.4, 0.5) is 0 Å². The molecular weight excluding hydrogens is 326 g/mol. The van der Waals surface area contributed by atoms with Crippen LogP contribution < -0.4 is 5.32 Å². The van der Waals surface area contributed by atoms with Gasteiger partial charge in [-0.3, -0.25) is 0 Å². The van der Waals surface area contributed by atoms with Crippen LogP contribution in [0.1, 0.15) is 51.0 Å². The summed E-state index contributed by atoms with van der Waals surface area (Å²) in [6.07, 6.45) is 7.70. The number of hydrogen-bond donors (Lipinski definition) is 1. The van der Waals surface area contributed by atoms with Crippen LogP contribution in [0.25, 0.3) is 0 Å². The summed E-state index contributed by atoms with van der Waals surface area (Å²) in [6.45, 7) is 3.97. The van der Waals surface area contributed by atoms with Crippen molar-refractivity contribution in [1.29, 1.82) is 0 Å². The lowest BCUT2D eigenvalue weighted by Crippen LogP contribution is -2.45. The molecule has 0 amide bonds. The zero-order valence-electron chi connectivity index (χ0n) is 13.3. The molecule has 21 heavy (non-hydrogen) atoms. The summed E-state index contributed by atoms with van der Waals surface area (Å²) in [4.78, 5) is 0. The van der Waals surface area contributed by atoms with Gasteiger partial charge in [0.2, 0.25) is 0 Å². The predicted molar refractivity (Wildman–Crippen MR) is 92.5 cm³/mol. The van der Waals surface area contributed by atoms with Crippen molar-refractivity contribution in [2.45, 2.75) is 57.7 Å². The molecule has 0 heterocycles. The fourth-order valence-electron chi connectivity index (χ4n) is 3.41. The van der Waals surface area contributed by atoms with Crippen LogP contribution in [0, 0.1) is 5.92 Å². The van der Waals surface area contributed by atoms with Gasteiger partial charge in [0.15, 0.2) is 0 Å². The summed E-state index contributed by atoms with van der Waals surface area (Å²) in [5, 5.41) is 3.34. The van der Waals surface area contributed by atoms with Crippen molar-refractivity contribution in [3.05, 3.63) is 34.3 Å². The molecule has 0 spiro atoms. The summed E-state index contributed by atoms with van der Waals surface area (Å²) < 4.78 is 7.51. The second-order valence-corrected chi connectivity index (χ2v) is 7.28. The van der Waals surface area contributed by atoms with E-state index in [2.05, 4.69) is 52.4 Å². The van der Waals surface area contributed by atoms with Crippen LogP contribution in [0.15, 0.2) is 28.7 Å². The largest absolute Gasteiger partial charge is 0.369 e. The van der Waals surface area contributed by atoms with E-state index in [1.54, 1.807) is 0 Å². The maximum absolute atomic E-state index is 6.39. The molecule has 1 aliphatic carbocycles. The fourth-order valence-corrected chi connectivity index (χ4v) is 3.68. The van der Waals surface area contributed by atoms with E-state index in [0.717, 1.165) is 16.9 Å². The number of halogens is 1. The molecule has 3 heteroatoms. The normalized spacial score (nSPS) is 26.0. The Balaban J connectivity index is 1.91. The zero-order chi connectivity index (χ0) is 15.1. The van der Waals surface area contributed by atoms with Gasteiger partial charge in [0.1, 0.15) is 0 Å². The summed E-state index contributed by atoms with van der Waals surface area (Å²) in [7, 11) is 2.03. The highest BCUT2D eigenvalue weighted by Crippen LogP contribution is 2.37.